The van der Waals surface area contributed by atoms with Gasteiger partial charge in [0, 0.05) is 25.9 Å². The van der Waals surface area contributed by atoms with Crippen LogP contribution in [0.15, 0.2) is 24.4 Å². The topological polar surface area (TPSA) is 34.1 Å². The van der Waals surface area contributed by atoms with Crippen LogP contribution >= 0.6 is 0 Å². The molecule has 0 aliphatic heterocycles. The molecule has 1 aliphatic rings. The Morgan fingerprint density at radius 1 is 1.29 bits per heavy atom. The summed E-state index contributed by atoms with van der Waals surface area (Å²) in [6.07, 6.45) is 7.34. The normalized spacial score (nSPS) is 16.5. The van der Waals surface area contributed by atoms with Crippen molar-refractivity contribution in [2.45, 2.75) is 32.2 Å². The smallest absolute Gasteiger partial charge is 0.0591 e. The first kappa shape index (κ1) is 12.5. The minimum absolute atomic E-state index is 0.809. The standard InChI is InChI=1S/C14H22N2O/c1-2-6-13(5-1)12-17-10-9-15-11-14-7-3-4-8-16-14/h3-4,7-8,13,15H,1-2,5-6,9-12H2. The number of rotatable bonds is 7. The van der Waals surface area contributed by atoms with E-state index < -0.39 is 0 Å². The van der Waals surface area contributed by atoms with Gasteiger partial charge >= 0.3 is 0 Å². The maximum Gasteiger partial charge on any atom is 0.0591 e. The molecule has 0 spiro atoms. The number of aromatic nitrogens is 1. The Morgan fingerprint density at radius 3 is 2.94 bits per heavy atom. The van der Waals surface area contributed by atoms with Gasteiger partial charge in [0.25, 0.3) is 0 Å². The predicted molar refractivity (Wildman–Crippen MR) is 68.7 cm³/mol. The van der Waals surface area contributed by atoms with Crippen LogP contribution in [0.4, 0.5) is 0 Å². The Balaban J connectivity index is 1.46. The van der Waals surface area contributed by atoms with E-state index in [9.17, 15) is 0 Å². The van der Waals surface area contributed by atoms with E-state index >= 15 is 0 Å². The van der Waals surface area contributed by atoms with E-state index in [1.54, 1.807) is 0 Å². The molecule has 1 aromatic rings. The molecule has 1 fully saturated rings. The molecule has 0 radical (unpaired) electrons. The maximum atomic E-state index is 5.67. The van der Waals surface area contributed by atoms with Crippen LogP contribution in [0.25, 0.3) is 0 Å². The third kappa shape index (κ3) is 4.84. The van der Waals surface area contributed by atoms with Crippen LogP contribution in [0, 0.1) is 5.92 Å². The van der Waals surface area contributed by atoms with Gasteiger partial charge in [-0.25, -0.2) is 0 Å². The molecule has 3 heteroatoms. The first-order valence-electron chi connectivity index (χ1n) is 6.63. The third-order valence-electron chi connectivity index (χ3n) is 3.28. The molecule has 1 saturated carbocycles. The SMILES string of the molecule is c1ccc(CNCCOCC2CCCC2)nc1. The molecule has 17 heavy (non-hydrogen) atoms. The molecule has 94 valence electrons. The molecule has 0 saturated heterocycles. The van der Waals surface area contributed by atoms with E-state index in [2.05, 4.69) is 10.3 Å². The Labute approximate surface area is 104 Å². The van der Waals surface area contributed by atoms with Gasteiger partial charge in [-0.3, -0.25) is 4.98 Å². The highest BCUT2D eigenvalue weighted by molar-refractivity contribution is 5.02. The van der Waals surface area contributed by atoms with Crippen LogP contribution in [0.5, 0.6) is 0 Å². The highest BCUT2D eigenvalue weighted by atomic mass is 16.5. The second-order valence-electron chi connectivity index (χ2n) is 4.72. The Hall–Kier alpha value is -0.930. The summed E-state index contributed by atoms with van der Waals surface area (Å²) >= 11 is 0. The summed E-state index contributed by atoms with van der Waals surface area (Å²) in [5.41, 5.74) is 1.09. The van der Waals surface area contributed by atoms with Gasteiger partial charge in [0.05, 0.1) is 12.3 Å². The fourth-order valence-corrected chi connectivity index (χ4v) is 2.29. The minimum Gasteiger partial charge on any atom is -0.380 e. The number of hydrogen-bond acceptors (Lipinski definition) is 3. The Kier molecular flexibility index (Phi) is 5.46. The van der Waals surface area contributed by atoms with Gasteiger partial charge in [-0.2, -0.15) is 0 Å². The lowest BCUT2D eigenvalue weighted by atomic mass is 10.1. The van der Waals surface area contributed by atoms with Crippen molar-refractivity contribution in [2.24, 2.45) is 5.92 Å². The highest BCUT2D eigenvalue weighted by Gasteiger charge is 2.14. The average Bonchev–Trinajstić information content (AvgIpc) is 2.88. The third-order valence-corrected chi connectivity index (χ3v) is 3.28. The Morgan fingerprint density at radius 2 is 2.18 bits per heavy atom. The zero-order valence-electron chi connectivity index (χ0n) is 10.4. The number of ether oxygens (including phenoxy) is 1. The zero-order valence-corrected chi connectivity index (χ0v) is 10.4. The molecule has 0 bridgehead atoms. The van der Waals surface area contributed by atoms with E-state index in [4.69, 9.17) is 4.74 Å². The van der Waals surface area contributed by atoms with Gasteiger partial charge in [0.2, 0.25) is 0 Å². The fraction of sp³-hybridized carbons (Fsp3) is 0.643. The summed E-state index contributed by atoms with van der Waals surface area (Å²) in [5.74, 6) is 0.825. The highest BCUT2D eigenvalue weighted by Crippen LogP contribution is 2.24. The van der Waals surface area contributed by atoms with Crippen LogP contribution < -0.4 is 5.32 Å². The summed E-state index contributed by atoms with van der Waals surface area (Å²) < 4.78 is 5.67. The van der Waals surface area contributed by atoms with Crippen molar-refractivity contribution in [3.05, 3.63) is 30.1 Å². The summed E-state index contributed by atoms with van der Waals surface area (Å²) in [4.78, 5) is 4.26. The van der Waals surface area contributed by atoms with Gasteiger partial charge in [-0.1, -0.05) is 18.9 Å². The molecule has 0 unspecified atom stereocenters. The van der Waals surface area contributed by atoms with Crippen molar-refractivity contribution in [3.8, 4) is 0 Å². The van der Waals surface area contributed by atoms with Crippen LogP contribution in [-0.4, -0.2) is 24.7 Å². The van der Waals surface area contributed by atoms with Crippen molar-refractivity contribution < 1.29 is 4.74 Å². The van der Waals surface area contributed by atoms with Crippen LogP contribution in [0.2, 0.25) is 0 Å². The molecule has 2 rings (SSSR count). The van der Waals surface area contributed by atoms with Crippen LogP contribution in [-0.2, 0) is 11.3 Å². The minimum atomic E-state index is 0.809. The summed E-state index contributed by atoms with van der Waals surface area (Å²) in [7, 11) is 0. The molecule has 1 N–H and O–H groups in total. The largest absolute Gasteiger partial charge is 0.380 e. The number of nitrogens with one attached hydrogen (secondary N) is 1. The molecule has 3 nitrogen and oxygen atoms in total. The van der Waals surface area contributed by atoms with Gasteiger partial charge in [-0.15, -0.1) is 0 Å². The van der Waals surface area contributed by atoms with Gasteiger partial charge in [-0.05, 0) is 30.9 Å². The van der Waals surface area contributed by atoms with E-state index in [-0.39, 0.29) is 0 Å². The predicted octanol–water partition coefficient (Wildman–Crippen LogP) is 2.38. The summed E-state index contributed by atoms with van der Waals surface area (Å²) in [6.45, 7) is 3.49. The maximum absolute atomic E-state index is 5.67. The second-order valence-corrected chi connectivity index (χ2v) is 4.72. The molecule has 1 heterocycles. The lowest BCUT2D eigenvalue weighted by molar-refractivity contribution is 0.103. The molecular formula is C14H22N2O. The first-order chi connectivity index (χ1) is 8.45. The van der Waals surface area contributed by atoms with E-state index in [0.717, 1.165) is 37.9 Å². The molecule has 0 amide bonds. The fourth-order valence-electron chi connectivity index (χ4n) is 2.29. The monoisotopic (exact) mass is 234 g/mol. The molecule has 1 aliphatic carbocycles. The van der Waals surface area contributed by atoms with Crippen molar-refractivity contribution in [1.82, 2.24) is 10.3 Å². The first-order valence-corrected chi connectivity index (χ1v) is 6.63. The zero-order chi connectivity index (χ0) is 11.8. The van der Waals surface area contributed by atoms with Gasteiger partial charge < -0.3 is 10.1 Å². The van der Waals surface area contributed by atoms with Crippen molar-refractivity contribution in [3.63, 3.8) is 0 Å². The van der Waals surface area contributed by atoms with Gasteiger partial charge in [0.15, 0.2) is 0 Å². The quantitative estimate of drug-likeness (QED) is 0.735. The van der Waals surface area contributed by atoms with Crippen LogP contribution in [0.1, 0.15) is 31.4 Å². The lowest BCUT2D eigenvalue weighted by Crippen LogP contribution is -2.21. The van der Waals surface area contributed by atoms with Gasteiger partial charge in [0.1, 0.15) is 0 Å². The number of hydrogen-bond donors (Lipinski definition) is 1. The van der Waals surface area contributed by atoms with Crippen LogP contribution in [0.3, 0.4) is 0 Å². The van der Waals surface area contributed by atoms with Crippen molar-refractivity contribution in [1.29, 1.82) is 0 Å². The molecular weight excluding hydrogens is 212 g/mol. The van der Waals surface area contributed by atoms with Crippen molar-refractivity contribution >= 4 is 0 Å². The molecule has 1 aromatic heterocycles. The number of pyridine rings is 1. The van der Waals surface area contributed by atoms with Crippen molar-refractivity contribution in [2.75, 3.05) is 19.8 Å². The number of nitrogens with zero attached hydrogens (tertiary/aromatic N) is 1. The second kappa shape index (κ2) is 7.41. The molecule has 0 atom stereocenters. The molecule has 0 aromatic carbocycles. The Bertz CT molecular complexity index is 296. The van der Waals surface area contributed by atoms with E-state index in [0.29, 0.717) is 0 Å². The van der Waals surface area contributed by atoms with E-state index in [1.165, 1.54) is 25.7 Å². The average molecular weight is 234 g/mol. The van der Waals surface area contributed by atoms with E-state index in [1.807, 2.05) is 24.4 Å². The lowest BCUT2D eigenvalue weighted by Gasteiger charge is -2.10. The summed E-state index contributed by atoms with van der Waals surface area (Å²) in [5, 5.41) is 3.34. The summed E-state index contributed by atoms with van der Waals surface area (Å²) in [6, 6.07) is 5.99.